The Kier molecular flexibility index (Phi) is 4.53. The van der Waals surface area contributed by atoms with Crippen LogP contribution in [0.15, 0.2) is 42.5 Å². The second-order valence-corrected chi connectivity index (χ2v) is 5.01. The van der Waals surface area contributed by atoms with E-state index in [0.29, 0.717) is 17.0 Å². The molecule has 0 aromatic heterocycles. The molecule has 0 bridgehead atoms. The van der Waals surface area contributed by atoms with Gasteiger partial charge in [0.2, 0.25) is 0 Å². The molecule has 0 aliphatic rings. The molecule has 0 heterocycles. The lowest BCUT2D eigenvalue weighted by atomic mass is 9.98. The minimum atomic E-state index is -0.279. The summed E-state index contributed by atoms with van der Waals surface area (Å²) in [6.45, 7) is 1.86. The second-order valence-electron chi connectivity index (χ2n) is 4.58. The van der Waals surface area contributed by atoms with Crippen LogP contribution in [-0.2, 0) is 6.42 Å². The fourth-order valence-corrected chi connectivity index (χ4v) is 2.29. The van der Waals surface area contributed by atoms with E-state index < -0.39 is 0 Å². The molecule has 0 spiro atoms. The molecule has 0 saturated carbocycles. The average molecular weight is 279 g/mol. The Bertz CT molecular complexity index is 572. The first-order valence-electron chi connectivity index (χ1n) is 6.07. The standard InChI is InChI=1S/C15H16ClFN2/c1-10-5-6-13(14(17)7-10)15(19-18)9-11-3-2-4-12(16)8-11/h2-8,15,19H,9,18H2,1H3. The minimum absolute atomic E-state index is 0.245. The third kappa shape index (κ3) is 3.53. The van der Waals surface area contributed by atoms with E-state index in [1.54, 1.807) is 6.07 Å². The highest BCUT2D eigenvalue weighted by Gasteiger charge is 2.15. The predicted molar refractivity (Wildman–Crippen MR) is 76.4 cm³/mol. The quantitative estimate of drug-likeness (QED) is 0.663. The summed E-state index contributed by atoms with van der Waals surface area (Å²) in [5, 5.41) is 0.664. The van der Waals surface area contributed by atoms with E-state index in [1.807, 2.05) is 37.3 Å². The number of nitrogens with two attached hydrogens (primary N) is 1. The number of benzene rings is 2. The van der Waals surface area contributed by atoms with Crippen LogP contribution < -0.4 is 11.3 Å². The first-order chi connectivity index (χ1) is 9.10. The van der Waals surface area contributed by atoms with Crippen molar-refractivity contribution in [3.05, 3.63) is 70.0 Å². The fraction of sp³-hybridized carbons (Fsp3) is 0.200. The van der Waals surface area contributed by atoms with Crippen LogP contribution in [0.3, 0.4) is 0 Å². The van der Waals surface area contributed by atoms with Crippen molar-refractivity contribution in [1.82, 2.24) is 5.43 Å². The van der Waals surface area contributed by atoms with Crippen LogP contribution in [-0.4, -0.2) is 0 Å². The van der Waals surface area contributed by atoms with Crippen molar-refractivity contribution in [3.63, 3.8) is 0 Å². The van der Waals surface area contributed by atoms with Crippen LogP contribution in [0.5, 0.6) is 0 Å². The molecular formula is C15H16ClFN2. The predicted octanol–water partition coefficient (Wildman–Crippen LogP) is 3.53. The van der Waals surface area contributed by atoms with E-state index in [2.05, 4.69) is 5.43 Å². The third-order valence-corrected chi connectivity index (χ3v) is 3.30. The van der Waals surface area contributed by atoms with Crippen LogP contribution in [0, 0.1) is 12.7 Å². The third-order valence-electron chi connectivity index (χ3n) is 3.06. The van der Waals surface area contributed by atoms with Crippen molar-refractivity contribution in [2.24, 2.45) is 5.84 Å². The molecule has 1 atom stereocenters. The van der Waals surface area contributed by atoms with E-state index in [9.17, 15) is 4.39 Å². The maximum Gasteiger partial charge on any atom is 0.128 e. The molecular weight excluding hydrogens is 263 g/mol. The summed E-state index contributed by atoms with van der Waals surface area (Å²) in [7, 11) is 0. The molecule has 0 amide bonds. The summed E-state index contributed by atoms with van der Waals surface area (Å²) >= 11 is 5.94. The van der Waals surface area contributed by atoms with Gasteiger partial charge in [-0.1, -0.05) is 35.9 Å². The maximum atomic E-state index is 13.9. The van der Waals surface area contributed by atoms with E-state index in [0.717, 1.165) is 11.1 Å². The number of nitrogens with one attached hydrogen (secondary N) is 1. The van der Waals surface area contributed by atoms with Crippen molar-refractivity contribution < 1.29 is 4.39 Å². The molecule has 1 unspecified atom stereocenters. The van der Waals surface area contributed by atoms with Gasteiger partial charge in [-0.05, 0) is 42.7 Å². The zero-order valence-electron chi connectivity index (χ0n) is 10.7. The maximum absolute atomic E-state index is 13.9. The molecule has 0 fully saturated rings. The Hall–Kier alpha value is -1.42. The van der Waals surface area contributed by atoms with Crippen LogP contribution >= 0.6 is 11.6 Å². The van der Waals surface area contributed by atoms with Gasteiger partial charge in [-0.3, -0.25) is 11.3 Å². The van der Waals surface area contributed by atoms with Gasteiger partial charge in [0.15, 0.2) is 0 Å². The summed E-state index contributed by atoms with van der Waals surface area (Å²) in [4.78, 5) is 0. The van der Waals surface area contributed by atoms with Gasteiger partial charge >= 0.3 is 0 Å². The molecule has 2 aromatic rings. The molecule has 100 valence electrons. The second kappa shape index (κ2) is 6.15. The van der Waals surface area contributed by atoms with Gasteiger partial charge < -0.3 is 0 Å². The van der Waals surface area contributed by atoms with Gasteiger partial charge in [-0.25, -0.2) is 4.39 Å². The Morgan fingerprint density at radius 1 is 1.26 bits per heavy atom. The molecule has 3 N–H and O–H groups in total. The van der Waals surface area contributed by atoms with Gasteiger partial charge in [0.1, 0.15) is 5.82 Å². The van der Waals surface area contributed by atoms with Crippen LogP contribution in [0.1, 0.15) is 22.7 Å². The monoisotopic (exact) mass is 278 g/mol. The lowest BCUT2D eigenvalue weighted by Crippen LogP contribution is -2.30. The number of hydrogen-bond acceptors (Lipinski definition) is 2. The number of halogens is 2. The van der Waals surface area contributed by atoms with Crippen molar-refractivity contribution in [2.75, 3.05) is 0 Å². The van der Waals surface area contributed by atoms with Gasteiger partial charge in [0.05, 0.1) is 6.04 Å². The highest BCUT2D eigenvalue weighted by molar-refractivity contribution is 6.30. The van der Waals surface area contributed by atoms with E-state index in [-0.39, 0.29) is 11.9 Å². The summed E-state index contributed by atoms with van der Waals surface area (Å²) in [5.41, 5.74) is 5.12. The van der Waals surface area contributed by atoms with Crippen LogP contribution in [0.2, 0.25) is 5.02 Å². The molecule has 2 aromatic carbocycles. The SMILES string of the molecule is Cc1ccc(C(Cc2cccc(Cl)c2)NN)c(F)c1. The summed E-state index contributed by atoms with van der Waals surface area (Å²) in [5.74, 6) is 5.30. The Balaban J connectivity index is 2.25. The van der Waals surface area contributed by atoms with Crippen molar-refractivity contribution in [3.8, 4) is 0 Å². The van der Waals surface area contributed by atoms with Gasteiger partial charge in [0, 0.05) is 10.6 Å². The van der Waals surface area contributed by atoms with Crippen LogP contribution in [0.4, 0.5) is 4.39 Å². The largest absolute Gasteiger partial charge is 0.271 e. The number of hydrazine groups is 1. The molecule has 0 saturated heterocycles. The molecule has 0 aliphatic heterocycles. The van der Waals surface area contributed by atoms with Crippen molar-refractivity contribution >= 4 is 11.6 Å². The zero-order chi connectivity index (χ0) is 13.8. The average Bonchev–Trinajstić information content (AvgIpc) is 2.37. The zero-order valence-corrected chi connectivity index (χ0v) is 11.4. The molecule has 4 heteroatoms. The Labute approximate surface area is 117 Å². The normalized spacial score (nSPS) is 12.4. The molecule has 2 nitrogen and oxygen atoms in total. The van der Waals surface area contributed by atoms with Crippen molar-refractivity contribution in [1.29, 1.82) is 0 Å². The van der Waals surface area contributed by atoms with Crippen molar-refractivity contribution in [2.45, 2.75) is 19.4 Å². The Morgan fingerprint density at radius 2 is 2.05 bits per heavy atom. The molecule has 0 aliphatic carbocycles. The highest BCUT2D eigenvalue weighted by Crippen LogP contribution is 2.22. The Morgan fingerprint density at radius 3 is 2.68 bits per heavy atom. The summed E-state index contributed by atoms with van der Waals surface area (Å²) in [6, 6.07) is 12.4. The van der Waals surface area contributed by atoms with Crippen LogP contribution in [0.25, 0.3) is 0 Å². The number of hydrogen-bond donors (Lipinski definition) is 2. The summed E-state index contributed by atoms with van der Waals surface area (Å²) in [6.07, 6.45) is 0.580. The first kappa shape index (κ1) is 14.0. The van der Waals surface area contributed by atoms with E-state index in [1.165, 1.54) is 6.07 Å². The highest BCUT2D eigenvalue weighted by atomic mass is 35.5. The van der Waals surface area contributed by atoms with E-state index in [4.69, 9.17) is 17.4 Å². The lowest BCUT2D eigenvalue weighted by molar-refractivity contribution is 0.510. The van der Waals surface area contributed by atoms with E-state index >= 15 is 0 Å². The summed E-state index contributed by atoms with van der Waals surface area (Å²) < 4.78 is 13.9. The fourth-order valence-electron chi connectivity index (χ4n) is 2.07. The van der Waals surface area contributed by atoms with Gasteiger partial charge in [-0.15, -0.1) is 0 Å². The van der Waals surface area contributed by atoms with Gasteiger partial charge in [0.25, 0.3) is 0 Å². The molecule has 2 rings (SSSR count). The molecule has 0 radical (unpaired) electrons. The van der Waals surface area contributed by atoms with Gasteiger partial charge in [-0.2, -0.15) is 0 Å². The topological polar surface area (TPSA) is 38.0 Å². The molecule has 19 heavy (non-hydrogen) atoms. The lowest BCUT2D eigenvalue weighted by Gasteiger charge is -2.17. The minimum Gasteiger partial charge on any atom is -0.271 e. The smallest absolute Gasteiger partial charge is 0.128 e. The first-order valence-corrected chi connectivity index (χ1v) is 6.44. The number of rotatable bonds is 4. The number of aryl methyl sites for hydroxylation is 1.